The second-order valence-electron chi connectivity index (χ2n) is 3.51. The molecule has 0 unspecified atom stereocenters. The summed E-state index contributed by atoms with van der Waals surface area (Å²) in [6, 6.07) is 11.6. The highest BCUT2D eigenvalue weighted by Crippen LogP contribution is 2.22. The second-order valence-corrected chi connectivity index (χ2v) is 3.83. The molecule has 0 saturated carbocycles. The van der Waals surface area contributed by atoms with E-state index in [4.69, 9.17) is 4.74 Å². The lowest BCUT2D eigenvalue weighted by molar-refractivity contribution is 0.0603. The lowest BCUT2D eigenvalue weighted by Gasteiger charge is -2.07. The topological polar surface area (TPSA) is 26.3 Å². The zero-order chi connectivity index (χ0) is 11.5. The average molecular weight is 232 g/mol. The predicted molar refractivity (Wildman–Crippen MR) is 68.0 cm³/mol. The first-order valence-corrected chi connectivity index (χ1v) is 5.60. The van der Waals surface area contributed by atoms with Crippen molar-refractivity contribution in [1.29, 1.82) is 0 Å². The van der Waals surface area contributed by atoms with Crippen LogP contribution in [-0.2, 0) is 10.5 Å². The number of hydrogen-bond acceptors (Lipinski definition) is 3. The quantitative estimate of drug-likeness (QED) is 0.636. The fraction of sp³-hybridized carbons (Fsp3) is 0.154. The number of fused-ring (bicyclic) bond motifs is 1. The third-order valence-corrected chi connectivity index (χ3v) is 2.87. The van der Waals surface area contributed by atoms with Crippen molar-refractivity contribution in [2.24, 2.45) is 0 Å². The van der Waals surface area contributed by atoms with Gasteiger partial charge < -0.3 is 4.74 Å². The molecule has 0 spiro atoms. The van der Waals surface area contributed by atoms with Crippen LogP contribution in [0.5, 0.6) is 0 Å². The van der Waals surface area contributed by atoms with Crippen LogP contribution in [0.25, 0.3) is 10.8 Å². The first kappa shape index (κ1) is 11.0. The molecule has 3 heteroatoms. The summed E-state index contributed by atoms with van der Waals surface area (Å²) < 4.78 is 4.78. The fourth-order valence-corrected chi connectivity index (χ4v) is 1.93. The number of rotatable bonds is 2. The maximum Gasteiger partial charge on any atom is 0.338 e. The molecule has 0 N–H and O–H groups in total. The Morgan fingerprint density at radius 1 is 1.31 bits per heavy atom. The summed E-state index contributed by atoms with van der Waals surface area (Å²) in [5.41, 5.74) is 1.62. The van der Waals surface area contributed by atoms with Gasteiger partial charge in [0, 0.05) is 5.75 Å². The number of esters is 1. The zero-order valence-electron chi connectivity index (χ0n) is 8.93. The monoisotopic (exact) mass is 232 g/mol. The molecule has 0 fully saturated rings. The summed E-state index contributed by atoms with van der Waals surface area (Å²) >= 11 is 4.23. The molecule has 0 bridgehead atoms. The van der Waals surface area contributed by atoms with Gasteiger partial charge in [0.05, 0.1) is 12.7 Å². The van der Waals surface area contributed by atoms with Gasteiger partial charge in [0.25, 0.3) is 0 Å². The number of benzene rings is 2. The highest BCUT2D eigenvalue weighted by atomic mass is 32.1. The van der Waals surface area contributed by atoms with E-state index >= 15 is 0 Å². The van der Waals surface area contributed by atoms with Crippen molar-refractivity contribution in [1.82, 2.24) is 0 Å². The van der Waals surface area contributed by atoms with Gasteiger partial charge in [0.1, 0.15) is 0 Å². The molecule has 0 aliphatic heterocycles. The van der Waals surface area contributed by atoms with Gasteiger partial charge in [0.15, 0.2) is 0 Å². The van der Waals surface area contributed by atoms with E-state index < -0.39 is 0 Å². The van der Waals surface area contributed by atoms with Crippen LogP contribution >= 0.6 is 12.6 Å². The van der Waals surface area contributed by atoms with E-state index in [0.717, 1.165) is 16.3 Å². The normalized spacial score (nSPS) is 10.4. The molecule has 0 atom stereocenters. The summed E-state index contributed by atoms with van der Waals surface area (Å²) in [7, 11) is 1.39. The second kappa shape index (κ2) is 4.58. The Morgan fingerprint density at radius 3 is 2.75 bits per heavy atom. The molecular formula is C13H12O2S. The number of thiol groups is 1. The maximum atomic E-state index is 11.6. The van der Waals surface area contributed by atoms with Gasteiger partial charge in [-0.3, -0.25) is 0 Å². The minimum Gasteiger partial charge on any atom is -0.465 e. The zero-order valence-corrected chi connectivity index (χ0v) is 9.83. The van der Waals surface area contributed by atoms with Crippen molar-refractivity contribution in [3.63, 3.8) is 0 Å². The summed E-state index contributed by atoms with van der Waals surface area (Å²) in [4.78, 5) is 11.6. The molecule has 2 rings (SSSR count). The van der Waals surface area contributed by atoms with E-state index in [0.29, 0.717) is 11.3 Å². The van der Waals surface area contributed by atoms with E-state index in [9.17, 15) is 4.79 Å². The molecule has 0 aliphatic rings. The van der Waals surface area contributed by atoms with Gasteiger partial charge in [-0.15, -0.1) is 0 Å². The van der Waals surface area contributed by atoms with Crippen molar-refractivity contribution in [3.05, 3.63) is 47.5 Å². The Hall–Kier alpha value is -1.48. The SMILES string of the molecule is COC(=O)c1cc(CS)cc2ccccc12. The lowest BCUT2D eigenvalue weighted by Crippen LogP contribution is -2.02. The number of ether oxygens (including phenoxy) is 1. The molecule has 16 heavy (non-hydrogen) atoms. The first-order chi connectivity index (χ1) is 7.76. The van der Waals surface area contributed by atoms with Crippen molar-refractivity contribution >= 4 is 29.4 Å². The number of carbonyl (C=O) groups is 1. The largest absolute Gasteiger partial charge is 0.465 e. The molecule has 0 radical (unpaired) electrons. The number of carbonyl (C=O) groups excluding carboxylic acids is 1. The van der Waals surface area contributed by atoms with Gasteiger partial charge in [-0.1, -0.05) is 30.3 Å². The van der Waals surface area contributed by atoms with Gasteiger partial charge >= 0.3 is 5.97 Å². The van der Waals surface area contributed by atoms with Crippen molar-refractivity contribution < 1.29 is 9.53 Å². The third kappa shape index (κ3) is 1.91. The molecule has 0 saturated heterocycles. The van der Waals surface area contributed by atoms with Gasteiger partial charge in [-0.25, -0.2) is 4.79 Å². The molecule has 2 aromatic rings. The van der Waals surface area contributed by atoms with Crippen LogP contribution in [0, 0.1) is 0 Å². The highest BCUT2D eigenvalue weighted by molar-refractivity contribution is 7.79. The van der Waals surface area contributed by atoms with Crippen LogP contribution < -0.4 is 0 Å². The average Bonchev–Trinajstić information content (AvgIpc) is 2.36. The van der Waals surface area contributed by atoms with Gasteiger partial charge in [0.2, 0.25) is 0 Å². The highest BCUT2D eigenvalue weighted by Gasteiger charge is 2.11. The van der Waals surface area contributed by atoms with Crippen molar-refractivity contribution in [3.8, 4) is 0 Å². The molecule has 0 aromatic heterocycles. The summed E-state index contributed by atoms with van der Waals surface area (Å²) in [6.07, 6.45) is 0. The van der Waals surface area contributed by atoms with E-state index in [1.807, 2.05) is 36.4 Å². The van der Waals surface area contributed by atoms with Crippen LogP contribution in [-0.4, -0.2) is 13.1 Å². The first-order valence-electron chi connectivity index (χ1n) is 4.97. The summed E-state index contributed by atoms with van der Waals surface area (Å²) in [5.74, 6) is 0.300. The molecule has 82 valence electrons. The Morgan fingerprint density at radius 2 is 2.06 bits per heavy atom. The Kier molecular flexibility index (Phi) is 3.15. The molecule has 0 aliphatic carbocycles. The van der Waals surface area contributed by atoms with Gasteiger partial charge in [-0.05, 0) is 22.4 Å². The Bertz CT molecular complexity index is 534. The van der Waals surface area contributed by atoms with E-state index in [1.165, 1.54) is 7.11 Å². The molecule has 0 heterocycles. The van der Waals surface area contributed by atoms with E-state index in [2.05, 4.69) is 12.6 Å². The fourth-order valence-electron chi connectivity index (χ4n) is 1.74. The predicted octanol–water partition coefficient (Wildman–Crippen LogP) is 3.06. The van der Waals surface area contributed by atoms with Crippen molar-refractivity contribution in [2.45, 2.75) is 5.75 Å². The van der Waals surface area contributed by atoms with Crippen LogP contribution in [0.1, 0.15) is 15.9 Å². The molecule has 0 amide bonds. The van der Waals surface area contributed by atoms with Gasteiger partial charge in [-0.2, -0.15) is 12.6 Å². The minimum atomic E-state index is -0.306. The molecule has 2 nitrogen and oxygen atoms in total. The maximum absolute atomic E-state index is 11.6. The summed E-state index contributed by atoms with van der Waals surface area (Å²) in [6.45, 7) is 0. The molecular weight excluding hydrogens is 220 g/mol. The van der Waals surface area contributed by atoms with Crippen LogP contribution in [0.4, 0.5) is 0 Å². The third-order valence-electron chi connectivity index (χ3n) is 2.51. The van der Waals surface area contributed by atoms with Crippen LogP contribution in [0.2, 0.25) is 0 Å². The Balaban J connectivity index is 2.73. The minimum absolute atomic E-state index is 0.306. The summed E-state index contributed by atoms with van der Waals surface area (Å²) in [5, 5.41) is 1.95. The van der Waals surface area contributed by atoms with Crippen LogP contribution in [0.3, 0.4) is 0 Å². The smallest absolute Gasteiger partial charge is 0.338 e. The van der Waals surface area contributed by atoms with E-state index in [1.54, 1.807) is 0 Å². The molecule has 2 aromatic carbocycles. The van der Waals surface area contributed by atoms with Crippen molar-refractivity contribution in [2.75, 3.05) is 7.11 Å². The Labute approximate surface area is 99.6 Å². The lowest BCUT2D eigenvalue weighted by atomic mass is 10.0. The standard InChI is InChI=1S/C13H12O2S/c1-15-13(14)12-7-9(8-16)6-10-4-2-3-5-11(10)12/h2-7,16H,8H2,1H3. The van der Waals surface area contributed by atoms with E-state index in [-0.39, 0.29) is 5.97 Å². The number of methoxy groups -OCH3 is 1. The number of hydrogen-bond donors (Lipinski definition) is 1. The van der Waals surface area contributed by atoms with Crippen LogP contribution in [0.15, 0.2) is 36.4 Å².